The fourth-order valence-electron chi connectivity index (χ4n) is 3.67. The molecule has 1 aliphatic carbocycles. The lowest BCUT2D eigenvalue weighted by Gasteiger charge is -2.39. The third kappa shape index (κ3) is 2.87. The first-order chi connectivity index (χ1) is 13.0. The molecule has 0 unspecified atom stereocenters. The molecule has 1 saturated carbocycles. The van der Waals surface area contributed by atoms with E-state index in [1.807, 2.05) is 41.7 Å². The van der Waals surface area contributed by atoms with Crippen LogP contribution in [-0.4, -0.2) is 28.4 Å². The van der Waals surface area contributed by atoms with Gasteiger partial charge in [-0.2, -0.15) is 0 Å². The molecule has 0 aliphatic heterocycles. The summed E-state index contributed by atoms with van der Waals surface area (Å²) < 4.78 is 6.90. The Labute approximate surface area is 157 Å². The summed E-state index contributed by atoms with van der Waals surface area (Å²) in [5.74, 6) is 0.0674. The van der Waals surface area contributed by atoms with E-state index in [0.29, 0.717) is 11.4 Å². The number of pyridine rings is 1. The highest BCUT2D eigenvalue weighted by molar-refractivity contribution is 6.04. The van der Waals surface area contributed by atoms with Crippen molar-refractivity contribution < 1.29 is 14.3 Å². The summed E-state index contributed by atoms with van der Waals surface area (Å²) in [6.07, 6.45) is 4.37. The molecule has 1 N–H and O–H groups in total. The molecule has 4 rings (SSSR count). The molecular formula is C21H21N3O3. The molecule has 1 amide bonds. The zero-order valence-corrected chi connectivity index (χ0v) is 15.4. The molecule has 27 heavy (non-hydrogen) atoms. The van der Waals surface area contributed by atoms with Gasteiger partial charge in [-0.25, -0.2) is 4.98 Å². The van der Waals surface area contributed by atoms with Crippen molar-refractivity contribution in [2.24, 2.45) is 0 Å². The van der Waals surface area contributed by atoms with E-state index in [9.17, 15) is 9.59 Å². The van der Waals surface area contributed by atoms with E-state index >= 15 is 0 Å². The normalized spacial score (nSPS) is 15.2. The Morgan fingerprint density at radius 1 is 1.15 bits per heavy atom. The van der Waals surface area contributed by atoms with Gasteiger partial charge in [0.05, 0.1) is 18.7 Å². The van der Waals surface area contributed by atoms with Crippen LogP contribution < -0.4 is 5.32 Å². The van der Waals surface area contributed by atoms with Gasteiger partial charge in [-0.15, -0.1) is 0 Å². The van der Waals surface area contributed by atoms with Gasteiger partial charge in [-0.3, -0.25) is 9.59 Å². The lowest BCUT2D eigenvalue weighted by Crippen LogP contribution is -2.43. The molecule has 0 bridgehead atoms. The number of methoxy groups -OCH3 is 1. The van der Waals surface area contributed by atoms with Crippen LogP contribution in [0.1, 0.15) is 40.9 Å². The van der Waals surface area contributed by atoms with Crippen molar-refractivity contribution in [1.29, 1.82) is 0 Å². The summed E-state index contributed by atoms with van der Waals surface area (Å²) in [6, 6.07) is 13.0. The van der Waals surface area contributed by atoms with Gasteiger partial charge in [0.1, 0.15) is 5.65 Å². The summed E-state index contributed by atoms with van der Waals surface area (Å²) in [7, 11) is 1.42. The van der Waals surface area contributed by atoms with E-state index in [1.165, 1.54) is 7.11 Å². The molecular weight excluding hydrogens is 342 g/mol. The fraction of sp³-hybridized carbons (Fsp3) is 0.286. The van der Waals surface area contributed by atoms with Crippen molar-refractivity contribution in [1.82, 2.24) is 9.38 Å². The maximum absolute atomic E-state index is 12.6. The number of esters is 1. The number of ether oxygens (including phenoxy) is 1. The van der Waals surface area contributed by atoms with Crippen molar-refractivity contribution in [3.63, 3.8) is 0 Å². The third-order valence-corrected chi connectivity index (χ3v) is 5.42. The average molecular weight is 363 g/mol. The van der Waals surface area contributed by atoms with Gasteiger partial charge >= 0.3 is 5.97 Å². The second-order valence-electron chi connectivity index (χ2n) is 6.98. The Morgan fingerprint density at radius 2 is 1.89 bits per heavy atom. The summed E-state index contributed by atoms with van der Waals surface area (Å²) in [4.78, 5) is 29.2. The zero-order chi connectivity index (χ0) is 19.0. The van der Waals surface area contributed by atoms with E-state index in [4.69, 9.17) is 4.74 Å². The predicted octanol–water partition coefficient (Wildman–Crippen LogP) is 3.49. The van der Waals surface area contributed by atoms with Gasteiger partial charge in [-0.1, -0.05) is 24.6 Å². The van der Waals surface area contributed by atoms with Crippen LogP contribution in [0.3, 0.4) is 0 Å². The monoisotopic (exact) mass is 363 g/mol. The fourth-order valence-corrected chi connectivity index (χ4v) is 3.67. The number of benzene rings is 1. The Balaban J connectivity index is 1.54. The number of amides is 1. The smallest absolute Gasteiger partial charge is 0.316 e. The minimum Gasteiger partial charge on any atom is -0.468 e. The van der Waals surface area contributed by atoms with Gasteiger partial charge in [0.2, 0.25) is 0 Å². The van der Waals surface area contributed by atoms with Crippen LogP contribution in [0.4, 0.5) is 5.82 Å². The number of carbonyl (C=O) groups excluding carboxylic acids is 2. The number of aromatic nitrogens is 2. The quantitative estimate of drug-likeness (QED) is 0.720. The molecule has 0 radical (unpaired) electrons. The van der Waals surface area contributed by atoms with Gasteiger partial charge in [0, 0.05) is 11.3 Å². The first-order valence-electron chi connectivity index (χ1n) is 8.98. The molecule has 2 heterocycles. The first kappa shape index (κ1) is 17.3. The molecule has 138 valence electrons. The Kier molecular flexibility index (Phi) is 4.18. The maximum atomic E-state index is 12.6. The van der Waals surface area contributed by atoms with Crippen LogP contribution in [0, 0.1) is 6.92 Å². The number of imidazole rings is 1. The lowest BCUT2D eigenvalue weighted by atomic mass is 9.64. The molecule has 2 aromatic heterocycles. The molecule has 3 aromatic rings. The molecule has 1 aliphatic rings. The number of hydrogen-bond acceptors (Lipinski definition) is 4. The van der Waals surface area contributed by atoms with Gasteiger partial charge in [0.15, 0.2) is 5.82 Å². The minimum absolute atomic E-state index is 0.203. The molecule has 6 heteroatoms. The molecule has 0 spiro atoms. The summed E-state index contributed by atoms with van der Waals surface area (Å²) in [5.41, 5.74) is 2.69. The number of carbonyl (C=O) groups is 2. The van der Waals surface area contributed by atoms with Crippen molar-refractivity contribution in [2.45, 2.75) is 31.6 Å². The second-order valence-corrected chi connectivity index (χ2v) is 6.98. The zero-order valence-electron chi connectivity index (χ0n) is 15.4. The number of nitrogens with zero attached hydrogens (tertiary/aromatic N) is 2. The van der Waals surface area contributed by atoms with Crippen LogP contribution in [0.25, 0.3) is 5.65 Å². The van der Waals surface area contributed by atoms with Crippen molar-refractivity contribution >= 4 is 23.3 Å². The number of nitrogens with one attached hydrogen (secondary N) is 1. The van der Waals surface area contributed by atoms with E-state index < -0.39 is 5.41 Å². The highest BCUT2D eigenvalue weighted by atomic mass is 16.5. The largest absolute Gasteiger partial charge is 0.468 e. The lowest BCUT2D eigenvalue weighted by molar-refractivity contribution is -0.151. The molecule has 0 atom stereocenters. The van der Waals surface area contributed by atoms with Gasteiger partial charge < -0.3 is 14.5 Å². The van der Waals surface area contributed by atoms with Crippen LogP contribution >= 0.6 is 0 Å². The molecule has 6 nitrogen and oxygen atoms in total. The maximum Gasteiger partial charge on any atom is 0.316 e. The number of rotatable bonds is 4. The second kappa shape index (κ2) is 6.54. The van der Waals surface area contributed by atoms with Gasteiger partial charge in [0.25, 0.3) is 5.91 Å². The summed E-state index contributed by atoms with van der Waals surface area (Å²) >= 11 is 0. The number of hydrogen-bond donors (Lipinski definition) is 1. The van der Waals surface area contributed by atoms with Crippen LogP contribution in [0.15, 0.2) is 48.7 Å². The van der Waals surface area contributed by atoms with E-state index in [1.54, 1.807) is 18.3 Å². The Hall–Kier alpha value is -3.15. The Morgan fingerprint density at radius 3 is 2.48 bits per heavy atom. The van der Waals surface area contributed by atoms with Crippen LogP contribution in [-0.2, 0) is 14.9 Å². The topological polar surface area (TPSA) is 72.7 Å². The summed E-state index contributed by atoms with van der Waals surface area (Å²) in [6.45, 7) is 1.98. The van der Waals surface area contributed by atoms with Crippen molar-refractivity contribution in [3.8, 4) is 0 Å². The van der Waals surface area contributed by atoms with Crippen LogP contribution in [0.5, 0.6) is 0 Å². The highest BCUT2D eigenvalue weighted by Crippen LogP contribution is 2.44. The van der Waals surface area contributed by atoms with E-state index in [0.717, 1.165) is 36.2 Å². The van der Waals surface area contributed by atoms with Crippen LogP contribution in [0.2, 0.25) is 0 Å². The first-order valence-corrected chi connectivity index (χ1v) is 8.98. The highest BCUT2D eigenvalue weighted by Gasteiger charge is 2.46. The third-order valence-electron chi connectivity index (χ3n) is 5.42. The Bertz CT molecular complexity index is 1020. The molecule has 1 fully saturated rings. The SMILES string of the molecule is COC(=O)C1(c2ccc(C(=O)Nc3cn4c(C)cccc4n3)cc2)CCC1. The molecule has 1 aromatic carbocycles. The predicted molar refractivity (Wildman–Crippen MR) is 102 cm³/mol. The molecule has 0 saturated heterocycles. The average Bonchev–Trinajstić information content (AvgIpc) is 3.05. The number of aryl methyl sites for hydroxylation is 1. The number of fused-ring (bicyclic) bond motifs is 1. The standard InChI is InChI=1S/C21H21N3O3/c1-14-5-3-6-18-22-17(13-24(14)18)23-19(25)15-7-9-16(10-8-15)21(11-4-12-21)20(26)27-2/h3,5-10,13H,4,11-12H2,1-2H3,(H,23,25). The van der Waals surface area contributed by atoms with Crippen molar-refractivity contribution in [3.05, 3.63) is 65.5 Å². The minimum atomic E-state index is -0.553. The van der Waals surface area contributed by atoms with E-state index in [-0.39, 0.29) is 11.9 Å². The van der Waals surface area contributed by atoms with Gasteiger partial charge in [-0.05, 0) is 49.6 Å². The van der Waals surface area contributed by atoms with E-state index in [2.05, 4.69) is 10.3 Å². The number of anilines is 1. The van der Waals surface area contributed by atoms with Crippen molar-refractivity contribution in [2.75, 3.05) is 12.4 Å². The summed E-state index contributed by atoms with van der Waals surface area (Å²) in [5, 5.41) is 2.83.